The van der Waals surface area contributed by atoms with E-state index in [1.54, 1.807) is 0 Å². The van der Waals surface area contributed by atoms with Crippen LogP contribution < -0.4 is 0 Å². The second-order valence-corrected chi connectivity index (χ2v) is 7.10. The Balaban J connectivity index is 1.96. The molecular weight excluding hydrogens is 276 g/mol. The van der Waals surface area contributed by atoms with Crippen molar-refractivity contribution < 1.29 is 14.6 Å². The number of carbonyl (C=O) groups is 1. The van der Waals surface area contributed by atoms with Gasteiger partial charge in [0.05, 0.1) is 11.0 Å². The summed E-state index contributed by atoms with van der Waals surface area (Å²) in [5, 5.41) is 10.7. The van der Waals surface area contributed by atoms with Crippen LogP contribution in [0.4, 0.5) is 0 Å². The smallest absolute Gasteiger partial charge is 0.311 e. The molecule has 122 valence electrons. The first-order chi connectivity index (χ1) is 10.4. The summed E-state index contributed by atoms with van der Waals surface area (Å²) in [6.07, 6.45) is 5.82. The van der Waals surface area contributed by atoms with Gasteiger partial charge in [-0.15, -0.1) is 0 Å². The third-order valence-electron chi connectivity index (χ3n) is 4.98. The molecule has 0 amide bonds. The molecule has 1 aliphatic rings. The molecule has 0 atom stereocenters. The molecule has 0 saturated heterocycles. The van der Waals surface area contributed by atoms with Crippen LogP contribution in [0.3, 0.4) is 0 Å². The van der Waals surface area contributed by atoms with Gasteiger partial charge in [0.2, 0.25) is 0 Å². The van der Waals surface area contributed by atoms with Gasteiger partial charge < -0.3 is 9.84 Å². The van der Waals surface area contributed by atoms with E-state index < -0.39 is 11.0 Å². The normalized spacial score (nSPS) is 18.0. The Hall–Kier alpha value is -1.35. The van der Waals surface area contributed by atoms with Crippen LogP contribution in [0.25, 0.3) is 0 Å². The maximum absolute atomic E-state index is 12.0. The van der Waals surface area contributed by atoms with Gasteiger partial charge in [-0.1, -0.05) is 50.5 Å². The van der Waals surface area contributed by atoms with Crippen molar-refractivity contribution in [1.29, 1.82) is 0 Å². The third-order valence-corrected chi connectivity index (χ3v) is 4.98. The van der Waals surface area contributed by atoms with E-state index in [0.717, 1.165) is 43.2 Å². The molecule has 0 aliphatic heterocycles. The number of ether oxygens (including phenoxy) is 1. The summed E-state index contributed by atoms with van der Waals surface area (Å²) in [6.45, 7) is 6.08. The van der Waals surface area contributed by atoms with Gasteiger partial charge in [-0.05, 0) is 44.2 Å². The highest BCUT2D eigenvalue weighted by atomic mass is 16.5. The molecule has 1 aliphatic carbocycles. The highest BCUT2D eigenvalue weighted by molar-refractivity contribution is 5.75. The quantitative estimate of drug-likeness (QED) is 0.824. The van der Waals surface area contributed by atoms with E-state index >= 15 is 0 Å². The van der Waals surface area contributed by atoms with Gasteiger partial charge in [0.15, 0.2) is 0 Å². The number of aliphatic hydroxyl groups is 1. The van der Waals surface area contributed by atoms with E-state index in [-0.39, 0.29) is 5.97 Å². The summed E-state index contributed by atoms with van der Waals surface area (Å²) in [4.78, 5) is 12.0. The van der Waals surface area contributed by atoms with Crippen LogP contribution in [0, 0.1) is 5.41 Å². The van der Waals surface area contributed by atoms with E-state index in [1.807, 2.05) is 45.0 Å². The van der Waals surface area contributed by atoms with Crippen molar-refractivity contribution >= 4 is 5.97 Å². The first-order valence-electron chi connectivity index (χ1n) is 8.36. The first kappa shape index (κ1) is 17.0. The van der Waals surface area contributed by atoms with Gasteiger partial charge in [-0.3, -0.25) is 4.79 Å². The maximum Gasteiger partial charge on any atom is 0.311 e. The predicted octanol–water partition coefficient (Wildman–Crippen LogP) is 4.32. The number of rotatable bonds is 5. The molecule has 0 heterocycles. The van der Waals surface area contributed by atoms with Crippen LogP contribution in [-0.4, -0.2) is 11.1 Å². The molecule has 0 aromatic heterocycles. The minimum atomic E-state index is -0.669. The van der Waals surface area contributed by atoms with Crippen molar-refractivity contribution in [2.75, 3.05) is 0 Å². The second-order valence-electron chi connectivity index (χ2n) is 7.10. The lowest BCUT2D eigenvalue weighted by Gasteiger charge is -2.32. The van der Waals surface area contributed by atoms with Crippen molar-refractivity contribution in [2.45, 2.75) is 71.5 Å². The van der Waals surface area contributed by atoms with Crippen molar-refractivity contribution in [3.05, 3.63) is 35.4 Å². The van der Waals surface area contributed by atoms with Crippen molar-refractivity contribution in [3.8, 4) is 0 Å². The molecule has 1 aromatic carbocycles. The average molecular weight is 304 g/mol. The number of carbonyl (C=O) groups excluding carboxylic acids is 1. The van der Waals surface area contributed by atoms with Crippen molar-refractivity contribution in [1.82, 2.24) is 0 Å². The van der Waals surface area contributed by atoms with Gasteiger partial charge >= 0.3 is 5.97 Å². The zero-order valence-electron chi connectivity index (χ0n) is 14.0. The summed E-state index contributed by atoms with van der Waals surface area (Å²) in [7, 11) is 0. The van der Waals surface area contributed by atoms with Crippen LogP contribution in [0.5, 0.6) is 0 Å². The molecule has 0 unspecified atom stereocenters. The van der Waals surface area contributed by atoms with Crippen molar-refractivity contribution in [3.63, 3.8) is 0 Å². The summed E-state index contributed by atoms with van der Waals surface area (Å²) < 4.78 is 5.39. The monoisotopic (exact) mass is 304 g/mol. The average Bonchev–Trinajstić information content (AvgIpc) is 2.53. The molecular formula is C19H28O3. The molecule has 0 radical (unpaired) electrons. The fraction of sp³-hybridized carbons (Fsp3) is 0.632. The molecule has 22 heavy (non-hydrogen) atoms. The van der Waals surface area contributed by atoms with Crippen molar-refractivity contribution in [2.24, 2.45) is 5.41 Å². The molecule has 1 N–H and O–H groups in total. The van der Waals surface area contributed by atoms with Crippen LogP contribution in [0.2, 0.25) is 0 Å². The topological polar surface area (TPSA) is 46.5 Å². The highest BCUT2D eigenvalue weighted by Crippen LogP contribution is 2.36. The SMILES string of the molecule is CCC(C)(C)C(=O)OCc1ccc(C2(O)CCCCC2)cc1. The van der Waals surface area contributed by atoms with Crippen LogP contribution in [0.1, 0.15) is 70.4 Å². The number of benzene rings is 1. The molecule has 1 aromatic rings. The lowest BCUT2D eigenvalue weighted by Crippen LogP contribution is -2.28. The third kappa shape index (κ3) is 3.89. The largest absolute Gasteiger partial charge is 0.460 e. The summed E-state index contributed by atoms with van der Waals surface area (Å²) >= 11 is 0. The Bertz CT molecular complexity index is 496. The molecule has 3 heteroatoms. The van der Waals surface area contributed by atoms with Crippen LogP contribution in [-0.2, 0) is 21.7 Å². The Morgan fingerprint density at radius 3 is 2.32 bits per heavy atom. The van der Waals surface area contributed by atoms with E-state index in [0.29, 0.717) is 6.61 Å². The molecule has 0 bridgehead atoms. The van der Waals surface area contributed by atoms with E-state index in [9.17, 15) is 9.90 Å². The van der Waals surface area contributed by atoms with E-state index in [1.165, 1.54) is 6.42 Å². The van der Waals surface area contributed by atoms with E-state index in [4.69, 9.17) is 4.74 Å². The van der Waals surface area contributed by atoms with Crippen LogP contribution in [0.15, 0.2) is 24.3 Å². The van der Waals surface area contributed by atoms with Crippen LogP contribution >= 0.6 is 0 Å². The summed E-state index contributed by atoms with van der Waals surface area (Å²) in [6, 6.07) is 7.85. The first-order valence-corrected chi connectivity index (χ1v) is 8.36. The fourth-order valence-electron chi connectivity index (χ4n) is 2.83. The number of esters is 1. The number of hydrogen-bond acceptors (Lipinski definition) is 3. The minimum absolute atomic E-state index is 0.162. The zero-order valence-corrected chi connectivity index (χ0v) is 14.0. The molecule has 1 fully saturated rings. The van der Waals surface area contributed by atoms with Gasteiger partial charge in [-0.25, -0.2) is 0 Å². The van der Waals surface area contributed by atoms with E-state index in [2.05, 4.69) is 0 Å². The Morgan fingerprint density at radius 2 is 1.77 bits per heavy atom. The fourth-order valence-corrected chi connectivity index (χ4v) is 2.83. The summed E-state index contributed by atoms with van der Waals surface area (Å²) in [5.41, 5.74) is 0.842. The highest BCUT2D eigenvalue weighted by Gasteiger charge is 2.31. The summed E-state index contributed by atoms with van der Waals surface area (Å²) in [5.74, 6) is -0.162. The van der Waals surface area contributed by atoms with Gasteiger partial charge in [0.25, 0.3) is 0 Å². The predicted molar refractivity (Wildman–Crippen MR) is 87.3 cm³/mol. The molecule has 0 spiro atoms. The Labute approximate surface area is 133 Å². The Morgan fingerprint density at radius 1 is 1.18 bits per heavy atom. The van der Waals surface area contributed by atoms with Gasteiger partial charge in [-0.2, -0.15) is 0 Å². The standard InChI is InChI=1S/C19H28O3/c1-4-18(2,3)17(20)22-14-15-8-10-16(11-9-15)19(21)12-6-5-7-13-19/h8-11,21H,4-7,12-14H2,1-3H3. The molecule has 1 saturated carbocycles. The maximum atomic E-state index is 12.0. The Kier molecular flexibility index (Phi) is 5.28. The van der Waals surface area contributed by atoms with Gasteiger partial charge in [0, 0.05) is 0 Å². The lowest BCUT2D eigenvalue weighted by atomic mass is 9.79. The number of hydrogen-bond donors (Lipinski definition) is 1. The van der Waals surface area contributed by atoms with Gasteiger partial charge in [0.1, 0.15) is 6.61 Å². The molecule has 3 nitrogen and oxygen atoms in total. The lowest BCUT2D eigenvalue weighted by molar-refractivity contribution is -0.155. The second kappa shape index (κ2) is 6.82. The minimum Gasteiger partial charge on any atom is -0.460 e. The molecule has 2 rings (SSSR count). The zero-order chi connectivity index (χ0) is 16.2.